The molecule has 0 saturated carbocycles. The molecule has 0 radical (unpaired) electrons. The van der Waals surface area contributed by atoms with E-state index in [-0.39, 0.29) is 6.04 Å². The molecular formula is C16H29N3. The van der Waals surface area contributed by atoms with Crippen LogP contribution >= 0.6 is 0 Å². The van der Waals surface area contributed by atoms with Crippen LogP contribution in [0.2, 0.25) is 0 Å². The van der Waals surface area contributed by atoms with Crippen molar-refractivity contribution in [2.24, 2.45) is 11.7 Å². The highest BCUT2D eigenvalue weighted by molar-refractivity contribution is 5.60. The summed E-state index contributed by atoms with van der Waals surface area (Å²) in [5.74, 6) is 0.503. The van der Waals surface area contributed by atoms with Crippen LogP contribution in [0.15, 0.2) is 18.2 Å². The summed E-state index contributed by atoms with van der Waals surface area (Å²) < 4.78 is 0. The molecule has 1 aromatic carbocycles. The van der Waals surface area contributed by atoms with Crippen molar-refractivity contribution in [3.8, 4) is 0 Å². The maximum absolute atomic E-state index is 6.06. The standard InChI is InChI=1S/C16H29N3/c1-6-19(7-2)14-8-9-16(13(5)10-14)18-11-15(17)12(3)4/h8-10,12,15,18H,6-7,11,17H2,1-5H3. The molecule has 19 heavy (non-hydrogen) atoms. The van der Waals surface area contributed by atoms with E-state index < -0.39 is 0 Å². The molecule has 3 nitrogen and oxygen atoms in total. The summed E-state index contributed by atoms with van der Waals surface area (Å²) in [5, 5.41) is 3.45. The Hall–Kier alpha value is -1.22. The maximum Gasteiger partial charge on any atom is 0.0371 e. The third-order valence-electron chi connectivity index (χ3n) is 3.72. The fourth-order valence-electron chi connectivity index (χ4n) is 2.10. The van der Waals surface area contributed by atoms with Crippen molar-refractivity contribution in [1.29, 1.82) is 0 Å². The van der Waals surface area contributed by atoms with Crippen LogP contribution in [-0.4, -0.2) is 25.7 Å². The Balaban J connectivity index is 2.72. The van der Waals surface area contributed by atoms with Gasteiger partial charge in [-0.2, -0.15) is 0 Å². The fraction of sp³-hybridized carbons (Fsp3) is 0.625. The minimum Gasteiger partial charge on any atom is -0.383 e. The van der Waals surface area contributed by atoms with E-state index in [1.165, 1.54) is 16.9 Å². The van der Waals surface area contributed by atoms with Gasteiger partial charge in [0.05, 0.1) is 0 Å². The van der Waals surface area contributed by atoms with Crippen molar-refractivity contribution in [2.75, 3.05) is 29.9 Å². The minimum atomic E-state index is 0.196. The average Bonchev–Trinajstić information content (AvgIpc) is 2.38. The largest absolute Gasteiger partial charge is 0.383 e. The molecule has 1 aromatic rings. The molecule has 1 atom stereocenters. The molecule has 0 fully saturated rings. The van der Waals surface area contributed by atoms with Gasteiger partial charge in [0, 0.05) is 37.1 Å². The molecule has 3 N–H and O–H groups in total. The van der Waals surface area contributed by atoms with Gasteiger partial charge in [-0.1, -0.05) is 13.8 Å². The van der Waals surface area contributed by atoms with E-state index in [0.29, 0.717) is 5.92 Å². The number of benzene rings is 1. The highest BCUT2D eigenvalue weighted by atomic mass is 15.1. The summed E-state index contributed by atoms with van der Waals surface area (Å²) in [6.45, 7) is 13.7. The van der Waals surface area contributed by atoms with Crippen LogP contribution in [0.5, 0.6) is 0 Å². The van der Waals surface area contributed by atoms with Gasteiger partial charge < -0.3 is 16.0 Å². The smallest absolute Gasteiger partial charge is 0.0371 e. The van der Waals surface area contributed by atoms with E-state index >= 15 is 0 Å². The zero-order chi connectivity index (χ0) is 14.4. The van der Waals surface area contributed by atoms with Crippen molar-refractivity contribution in [2.45, 2.75) is 40.7 Å². The fourth-order valence-corrected chi connectivity index (χ4v) is 2.10. The lowest BCUT2D eigenvalue weighted by atomic mass is 10.1. The quantitative estimate of drug-likeness (QED) is 0.793. The lowest BCUT2D eigenvalue weighted by molar-refractivity contribution is 0.511. The second-order valence-corrected chi connectivity index (χ2v) is 5.46. The molecule has 0 aromatic heterocycles. The molecule has 108 valence electrons. The minimum absolute atomic E-state index is 0.196. The summed E-state index contributed by atoms with van der Waals surface area (Å²) in [7, 11) is 0. The highest BCUT2D eigenvalue weighted by Gasteiger charge is 2.09. The topological polar surface area (TPSA) is 41.3 Å². The molecule has 0 heterocycles. The second kappa shape index (κ2) is 7.39. The van der Waals surface area contributed by atoms with Crippen LogP contribution in [0.3, 0.4) is 0 Å². The first-order valence-electron chi connectivity index (χ1n) is 7.34. The van der Waals surface area contributed by atoms with Gasteiger partial charge in [0.1, 0.15) is 0 Å². The molecule has 0 aliphatic heterocycles. The third-order valence-corrected chi connectivity index (χ3v) is 3.72. The maximum atomic E-state index is 6.06. The first-order chi connectivity index (χ1) is 8.99. The lowest BCUT2D eigenvalue weighted by Gasteiger charge is -2.23. The molecule has 1 unspecified atom stereocenters. The summed E-state index contributed by atoms with van der Waals surface area (Å²) in [6.07, 6.45) is 0. The van der Waals surface area contributed by atoms with E-state index in [2.05, 4.69) is 63.0 Å². The van der Waals surface area contributed by atoms with Crippen LogP contribution in [0.4, 0.5) is 11.4 Å². The zero-order valence-corrected chi connectivity index (χ0v) is 13.0. The van der Waals surface area contributed by atoms with Gasteiger partial charge in [-0.15, -0.1) is 0 Å². The van der Waals surface area contributed by atoms with E-state index in [1.807, 2.05) is 0 Å². The third kappa shape index (κ3) is 4.43. The number of nitrogens with zero attached hydrogens (tertiary/aromatic N) is 1. The predicted molar refractivity (Wildman–Crippen MR) is 86.0 cm³/mol. The van der Waals surface area contributed by atoms with Crippen LogP contribution in [0.25, 0.3) is 0 Å². The summed E-state index contributed by atoms with van der Waals surface area (Å²) in [6, 6.07) is 6.79. The number of hydrogen-bond acceptors (Lipinski definition) is 3. The van der Waals surface area contributed by atoms with Crippen molar-refractivity contribution in [3.63, 3.8) is 0 Å². The Morgan fingerprint density at radius 3 is 2.32 bits per heavy atom. The molecule has 1 rings (SSSR count). The summed E-state index contributed by atoms with van der Waals surface area (Å²) in [5.41, 5.74) is 9.82. The molecule has 0 spiro atoms. The zero-order valence-electron chi connectivity index (χ0n) is 13.0. The first-order valence-corrected chi connectivity index (χ1v) is 7.34. The van der Waals surface area contributed by atoms with Gasteiger partial charge in [0.2, 0.25) is 0 Å². The Morgan fingerprint density at radius 1 is 1.21 bits per heavy atom. The van der Waals surface area contributed by atoms with Crippen LogP contribution in [0, 0.1) is 12.8 Å². The van der Waals surface area contributed by atoms with Gasteiger partial charge in [-0.25, -0.2) is 0 Å². The van der Waals surface area contributed by atoms with E-state index in [1.54, 1.807) is 0 Å². The molecular weight excluding hydrogens is 234 g/mol. The number of anilines is 2. The van der Waals surface area contributed by atoms with Crippen molar-refractivity contribution < 1.29 is 0 Å². The Morgan fingerprint density at radius 2 is 1.84 bits per heavy atom. The molecule has 0 aliphatic rings. The summed E-state index contributed by atoms with van der Waals surface area (Å²) in [4.78, 5) is 2.36. The van der Waals surface area contributed by atoms with Gasteiger partial charge in [-0.3, -0.25) is 0 Å². The lowest BCUT2D eigenvalue weighted by Crippen LogP contribution is -2.34. The monoisotopic (exact) mass is 263 g/mol. The number of nitrogens with one attached hydrogen (secondary N) is 1. The Kier molecular flexibility index (Phi) is 6.16. The Bertz CT molecular complexity index is 384. The average molecular weight is 263 g/mol. The van der Waals surface area contributed by atoms with E-state index in [0.717, 1.165) is 19.6 Å². The van der Waals surface area contributed by atoms with Gasteiger partial charge in [0.25, 0.3) is 0 Å². The van der Waals surface area contributed by atoms with E-state index in [4.69, 9.17) is 5.73 Å². The second-order valence-electron chi connectivity index (χ2n) is 5.46. The molecule has 0 saturated heterocycles. The SMILES string of the molecule is CCN(CC)c1ccc(NCC(N)C(C)C)c(C)c1. The van der Waals surface area contributed by atoms with Crippen molar-refractivity contribution >= 4 is 11.4 Å². The highest BCUT2D eigenvalue weighted by Crippen LogP contribution is 2.22. The number of aryl methyl sites for hydroxylation is 1. The molecule has 3 heteroatoms. The molecule has 0 amide bonds. The predicted octanol–water partition coefficient (Wildman–Crippen LogP) is 3.24. The normalized spacial score (nSPS) is 12.6. The van der Waals surface area contributed by atoms with Gasteiger partial charge >= 0.3 is 0 Å². The van der Waals surface area contributed by atoms with Crippen molar-refractivity contribution in [1.82, 2.24) is 0 Å². The van der Waals surface area contributed by atoms with Crippen LogP contribution in [-0.2, 0) is 0 Å². The van der Waals surface area contributed by atoms with Gasteiger partial charge in [-0.05, 0) is 50.5 Å². The van der Waals surface area contributed by atoms with Crippen LogP contribution < -0.4 is 16.0 Å². The number of nitrogens with two attached hydrogens (primary N) is 1. The Labute approximate surface area is 118 Å². The number of rotatable bonds is 7. The molecule has 0 bridgehead atoms. The summed E-state index contributed by atoms with van der Waals surface area (Å²) >= 11 is 0. The van der Waals surface area contributed by atoms with Crippen LogP contribution in [0.1, 0.15) is 33.3 Å². The van der Waals surface area contributed by atoms with Gasteiger partial charge in [0.15, 0.2) is 0 Å². The van der Waals surface area contributed by atoms with E-state index in [9.17, 15) is 0 Å². The van der Waals surface area contributed by atoms with Crippen molar-refractivity contribution in [3.05, 3.63) is 23.8 Å². The molecule has 0 aliphatic carbocycles. The first kappa shape index (κ1) is 15.8. The number of hydrogen-bond donors (Lipinski definition) is 2.